The molecule has 8 unspecified atom stereocenters. The number of nitrogens with two attached hydrogens (primary N) is 1. The summed E-state index contributed by atoms with van der Waals surface area (Å²) in [6, 6.07) is 1.28. The number of halogens is 1. The number of fused-ring (bicyclic) bond motifs is 1. The lowest BCUT2D eigenvalue weighted by molar-refractivity contribution is -0.151. The summed E-state index contributed by atoms with van der Waals surface area (Å²) >= 11 is 1.07. The molecule has 1 aromatic rings. The Balaban J connectivity index is 0.842. The van der Waals surface area contributed by atoms with Crippen LogP contribution in [-0.4, -0.2) is 114 Å². The lowest BCUT2D eigenvalue weighted by atomic mass is 9.61. The largest absolute Gasteiger partial charge is 0.463 e. The number of nitrogen functional groups attached to an aromatic ring is 1. The van der Waals surface area contributed by atoms with Crippen LogP contribution in [0.2, 0.25) is 0 Å². The van der Waals surface area contributed by atoms with Gasteiger partial charge in [-0.3, -0.25) is 28.6 Å². The number of aliphatic hydroxyl groups excluding tert-OH is 3. The number of rotatable bonds is 16. The number of likely N-dealkylation sites (tertiary alicyclic amines) is 1. The Morgan fingerprint density at radius 2 is 1.88 bits per heavy atom. The van der Waals surface area contributed by atoms with Crippen molar-refractivity contribution in [2.45, 2.75) is 145 Å². The Morgan fingerprint density at radius 1 is 1.11 bits per heavy atom. The summed E-state index contributed by atoms with van der Waals surface area (Å²) in [5, 5.41) is 30.4. The molecular weight excluding hydrogens is 848 g/mol. The molecule has 5 N–H and O–H groups in total. The van der Waals surface area contributed by atoms with Gasteiger partial charge in [-0.15, -0.1) is 11.8 Å². The second kappa shape index (κ2) is 19.7. The zero-order chi connectivity index (χ0) is 46.1. The second-order valence-electron chi connectivity index (χ2n) is 19.0. The van der Waals surface area contributed by atoms with E-state index < -0.39 is 77.6 Å². The molecule has 4 saturated carbocycles. The fraction of sp³-hybridized carbons (Fsp3) is 0.660. The van der Waals surface area contributed by atoms with Crippen molar-refractivity contribution in [3.63, 3.8) is 0 Å². The van der Waals surface area contributed by atoms with Crippen LogP contribution < -0.4 is 11.4 Å². The molecule has 12 atom stereocenters. The van der Waals surface area contributed by atoms with Gasteiger partial charge < -0.3 is 35.3 Å². The monoisotopic (exact) mass is 910 g/mol. The highest BCUT2D eigenvalue weighted by atomic mass is 32.2. The number of amides is 2. The fourth-order valence-corrected chi connectivity index (χ4v) is 11.6. The van der Waals surface area contributed by atoms with Crippen molar-refractivity contribution in [1.29, 1.82) is 0 Å². The lowest BCUT2D eigenvalue weighted by Crippen LogP contribution is -2.43. The molecule has 1 aromatic heterocycles. The predicted molar refractivity (Wildman–Crippen MR) is 236 cm³/mol. The molecule has 0 radical (unpaired) electrons. The molecule has 64 heavy (non-hydrogen) atoms. The van der Waals surface area contributed by atoms with E-state index >= 15 is 4.39 Å². The first kappa shape index (κ1) is 47.8. The molecular formula is C47H63FN4O11S. The minimum absolute atomic E-state index is 0.0379. The van der Waals surface area contributed by atoms with Crippen molar-refractivity contribution in [3.8, 4) is 0 Å². The number of aliphatic hydroxyl groups is 3. The van der Waals surface area contributed by atoms with Gasteiger partial charge in [0, 0.05) is 32.0 Å². The zero-order valence-corrected chi connectivity index (χ0v) is 37.8. The molecule has 2 aliphatic heterocycles. The van der Waals surface area contributed by atoms with Crippen molar-refractivity contribution < 1.29 is 53.1 Å². The van der Waals surface area contributed by atoms with Gasteiger partial charge in [0.15, 0.2) is 11.9 Å². The van der Waals surface area contributed by atoms with Crippen LogP contribution in [0, 0.1) is 29.1 Å². The average Bonchev–Trinajstić information content (AvgIpc) is 3.92. The van der Waals surface area contributed by atoms with Crippen LogP contribution in [0.15, 0.2) is 64.7 Å². The highest BCUT2D eigenvalue weighted by Gasteiger charge is 2.56. The Morgan fingerprint density at radius 3 is 2.61 bits per heavy atom. The molecule has 4 aliphatic carbocycles. The van der Waals surface area contributed by atoms with E-state index in [2.05, 4.69) is 43.6 Å². The summed E-state index contributed by atoms with van der Waals surface area (Å²) < 4.78 is 33.1. The third kappa shape index (κ3) is 10.4. The Kier molecular flexibility index (Phi) is 14.7. The summed E-state index contributed by atoms with van der Waals surface area (Å²) in [4.78, 5) is 68.6. The minimum atomic E-state index is -2.42. The summed E-state index contributed by atoms with van der Waals surface area (Å²) in [7, 11) is 0. The molecule has 3 heterocycles. The zero-order valence-electron chi connectivity index (χ0n) is 36.9. The minimum Gasteiger partial charge on any atom is -0.463 e. The number of alkyl halides is 1. The third-order valence-electron chi connectivity index (χ3n) is 14.5. The summed E-state index contributed by atoms with van der Waals surface area (Å²) in [6.45, 7) is 9.27. The van der Waals surface area contributed by atoms with Crippen LogP contribution in [0.4, 0.5) is 10.2 Å². The number of thioether (sulfide) groups is 1. The van der Waals surface area contributed by atoms with Crippen molar-refractivity contribution in [3.05, 3.63) is 70.3 Å². The molecule has 7 rings (SSSR count). The van der Waals surface area contributed by atoms with Crippen LogP contribution in [0.25, 0.3) is 0 Å². The van der Waals surface area contributed by atoms with E-state index in [9.17, 15) is 39.3 Å². The van der Waals surface area contributed by atoms with Crippen LogP contribution in [0.1, 0.15) is 104 Å². The molecule has 6 aliphatic rings. The van der Waals surface area contributed by atoms with Crippen molar-refractivity contribution in [2.75, 3.05) is 24.6 Å². The number of ether oxygens (including phenoxy) is 3. The van der Waals surface area contributed by atoms with Crippen LogP contribution in [0.5, 0.6) is 0 Å². The molecule has 17 heteroatoms. The van der Waals surface area contributed by atoms with Crippen molar-refractivity contribution in [2.24, 2.45) is 29.1 Å². The van der Waals surface area contributed by atoms with E-state index in [1.165, 1.54) is 17.8 Å². The maximum atomic E-state index is 15.5. The highest BCUT2D eigenvalue weighted by molar-refractivity contribution is 8.01. The third-order valence-corrected chi connectivity index (χ3v) is 15.7. The standard InChI is InChI=1S/C47H63FN4O11S/c1-26(32-14-15-33-28(7-5-18-46(32,33)3)10-13-30-21-31(53)22-34(54)27(30)2)9-16-35(29-11-12-29)62-41(57)25-64-37-23-39(55)51(43(37)59)19-6-8-40(56)61-24-36-42(58)47(4,48)44(63-36)52-20-17-38(49)50-45(52)60/h9-10,13,16-17,20,26,29,31-37,42,44,53-54,58H,2,5-8,11-12,14-15,18-19,21-25H2,1,3-4H3,(H2,49,50,60)/b16-9+,28-10+,30-13-/t26-,31+,32?,33?,34-,35?,36?,37?,42?,44?,46+,47?/m0/s1. The molecule has 2 amide bonds. The molecule has 6 fully saturated rings. The SMILES string of the molecule is C=C1/C(=C\C=C2/CCC[C@@]3(C)C2CCC3[C@@H](C)/C=C/C(OC(=O)CSC2CC(=O)N(CCCC(=O)OCC3OC(n4ccc(N)nc4=O)C(C)(F)C3O)C2=O)C2CC2)C[C@@H](O)C[C@@H]1O. The first-order valence-corrected chi connectivity index (χ1v) is 23.7. The maximum absolute atomic E-state index is 15.5. The van der Waals surface area contributed by atoms with E-state index in [0.29, 0.717) is 30.3 Å². The Bertz CT molecular complexity index is 2120. The first-order chi connectivity index (χ1) is 30.4. The number of esters is 2. The van der Waals surface area contributed by atoms with Gasteiger partial charge >= 0.3 is 17.6 Å². The molecule has 0 aromatic carbocycles. The Hall–Kier alpha value is -4.16. The van der Waals surface area contributed by atoms with E-state index in [1.807, 2.05) is 6.08 Å². The number of anilines is 1. The number of imide groups is 1. The van der Waals surface area contributed by atoms with Gasteiger partial charge in [0.05, 0.1) is 23.2 Å². The van der Waals surface area contributed by atoms with Crippen LogP contribution >= 0.6 is 11.8 Å². The first-order valence-electron chi connectivity index (χ1n) is 22.7. The van der Waals surface area contributed by atoms with Gasteiger partial charge in [-0.05, 0) is 117 Å². The fourth-order valence-electron chi connectivity index (χ4n) is 10.7. The number of nitrogens with zero attached hydrogens (tertiary/aromatic N) is 3. The number of aromatic nitrogens is 2. The van der Waals surface area contributed by atoms with E-state index in [-0.39, 0.29) is 60.7 Å². The van der Waals surface area contributed by atoms with E-state index in [4.69, 9.17) is 19.9 Å². The van der Waals surface area contributed by atoms with Crippen molar-refractivity contribution in [1.82, 2.24) is 14.5 Å². The van der Waals surface area contributed by atoms with E-state index in [0.717, 1.165) is 78.7 Å². The average molecular weight is 911 g/mol. The lowest BCUT2D eigenvalue weighted by Gasteiger charge is -2.44. The topological polar surface area (TPSA) is 221 Å². The molecule has 2 saturated heterocycles. The predicted octanol–water partition coefficient (Wildman–Crippen LogP) is 4.65. The van der Waals surface area contributed by atoms with Crippen molar-refractivity contribution >= 4 is 41.3 Å². The highest BCUT2D eigenvalue weighted by Crippen LogP contribution is 2.59. The molecule has 15 nitrogen and oxygen atoms in total. The van der Waals surface area contributed by atoms with Gasteiger partial charge in [0.1, 0.15) is 30.7 Å². The summed E-state index contributed by atoms with van der Waals surface area (Å²) in [6.07, 6.45) is 11.7. The van der Waals surface area contributed by atoms with E-state index in [1.54, 1.807) is 0 Å². The quantitative estimate of drug-likeness (QED) is 0.101. The summed E-state index contributed by atoms with van der Waals surface area (Å²) in [5.74, 6) is -0.737. The van der Waals surface area contributed by atoms with Gasteiger partial charge in [0.2, 0.25) is 11.8 Å². The van der Waals surface area contributed by atoms with Gasteiger partial charge in [-0.1, -0.05) is 44.2 Å². The number of carbonyl (C=O) groups is 4. The van der Waals surface area contributed by atoms with Crippen LogP contribution in [-0.2, 0) is 33.4 Å². The van der Waals surface area contributed by atoms with Gasteiger partial charge in [-0.2, -0.15) is 4.98 Å². The maximum Gasteiger partial charge on any atom is 0.351 e. The van der Waals surface area contributed by atoms with Gasteiger partial charge in [0.25, 0.3) is 0 Å². The molecule has 0 spiro atoms. The number of carbonyl (C=O) groups excluding carboxylic acids is 4. The van der Waals surface area contributed by atoms with Crippen LogP contribution in [0.3, 0.4) is 0 Å². The number of allylic oxidation sites excluding steroid dienone is 4. The number of hydrogen-bond donors (Lipinski definition) is 4. The number of hydrogen-bond acceptors (Lipinski definition) is 14. The second-order valence-corrected chi connectivity index (χ2v) is 20.2. The molecule has 0 bridgehead atoms. The smallest absolute Gasteiger partial charge is 0.351 e. The normalized spacial score (nSPS) is 35.4. The Labute approximate surface area is 377 Å². The van der Waals surface area contributed by atoms with Gasteiger partial charge in [-0.25, -0.2) is 9.18 Å². The molecule has 350 valence electrons. The summed E-state index contributed by atoms with van der Waals surface area (Å²) in [5.41, 5.74) is 5.40.